The highest BCUT2D eigenvalue weighted by molar-refractivity contribution is 6.07. The molecule has 0 amide bonds. The quantitative estimate of drug-likeness (QED) is 0.623. The number of ketones is 1. The van der Waals surface area contributed by atoms with Crippen molar-refractivity contribution in [2.45, 2.75) is 6.92 Å². The smallest absolute Gasteiger partial charge is 0.188 e. The third kappa shape index (κ3) is 3.54. The number of carbonyl (C=O) groups excluding carboxylic acids is 1. The first-order valence-electron chi connectivity index (χ1n) is 6.33. The van der Waals surface area contributed by atoms with E-state index in [0.717, 1.165) is 17.7 Å². The minimum absolute atomic E-state index is 0.167. The lowest BCUT2D eigenvalue weighted by Gasteiger charge is -2.05. The summed E-state index contributed by atoms with van der Waals surface area (Å²) >= 11 is 0. The SMILES string of the molecule is COc1ccc(C)cc1/C=C/C(=O)c1ccc(F)cc1F. The van der Waals surface area contributed by atoms with Crippen molar-refractivity contribution >= 4 is 11.9 Å². The Morgan fingerprint density at radius 3 is 2.57 bits per heavy atom. The second-order valence-electron chi connectivity index (χ2n) is 4.57. The minimum Gasteiger partial charge on any atom is -0.496 e. The summed E-state index contributed by atoms with van der Waals surface area (Å²) in [5.41, 5.74) is 1.56. The average Bonchev–Trinajstić information content (AvgIpc) is 2.45. The van der Waals surface area contributed by atoms with Crippen LogP contribution in [0.15, 0.2) is 42.5 Å². The van der Waals surface area contributed by atoms with E-state index in [-0.39, 0.29) is 5.56 Å². The molecule has 0 aliphatic rings. The summed E-state index contributed by atoms with van der Waals surface area (Å²) in [4.78, 5) is 11.9. The molecule has 21 heavy (non-hydrogen) atoms. The molecular formula is C17H14F2O2. The molecule has 0 aliphatic heterocycles. The van der Waals surface area contributed by atoms with Gasteiger partial charge in [-0.25, -0.2) is 8.78 Å². The maximum atomic E-state index is 13.5. The van der Waals surface area contributed by atoms with Gasteiger partial charge in [-0.15, -0.1) is 0 Å². The molecule has 4 heteroatoms. The summed E-state index contributed by atoms with van der Waals surface area (Å²) in [7, 11) is 1.53. The predicted octanol–water partition coefficient (Wildman–Crippen LogP) is 4.18. The summed E-state index contributed by atoms with van der Waals surface area (Å²) in [6, 6.07) is 8.40. The molecule has 0 aromatic heterocycles. The molecular weight excluding hydrogens is 274 g/mol. The number of aryl methyl sites for hydroxylation is 1. The molecule has 0 fully saturated rings. The van der Waals surface area contributed by atoms with E-state index in [4.69, 9.17) is 4.74 Å². The van der Waals surface area contributed by atoms with Gasteiger partial charge in [-0.05, 0) is 43.3 Å². The number of benzene rings is 2. The fraction of sp³-hybridized carbons (Fsp3) is 0.118. The van der Waals surface area contributed by atoms with Gasteiger partial charge in [0.05, 0.1) is 12.7 Å². The number of methoxy groups -OCH3 is 1. The number of halogens is 2. The van der Waals surface area contributed by atoms with Gasteiger partial charge in [0, 0.05) is 11.6 Å². The molecule has 0 unspecified atom stereocenters. The fourth-order valence-corrected chi connectivity index (χ4v) is 1.93. The highest BCUT2D eigenvalue weighted by Crippen LogP contribution is 2.21. The third-order valence-electron chi connectivity index (χ3n) is 3.00. The maximum absolute atomic E-state index is 13.5. The van der Waals surface area contributed by atoms with Crippen LogP contribution in [0, 0.1) is 18.6 Å². The Hall–Kier alpha value is -2.49. The highest BCUT2D eigenvalue weighted by Gasteiger charge is 2.10. The van der Waals surface area contributed by atoms with E-state index in [1.807, 2.05) is 19.1 Å². The van der Waals surface area contributed by atoms with Gasteiger partial charge < -0.3 is 4.74 Å². The van der Waals surface area contributed by atoms with Crippen molar-refractivity contribution < 1.29 is 18.3 Å². The number of ether oxygens (including phenoxy) is 1. The Balaban J connectivity index is 2.28. The van der Waals surface area contributed by atoms with Gasteiger partial charge >= 0.3 is 0 Å². The van der Waals surface area contributed by atoms with Crippen LogP contribution in [-0.2, 0) is 0 Å². The second-order valence-corrected chi connectivity index (χ2v) is 4.57. The van der Waals surface area contributed by atoms with Crippen molar-refractivity contribution in [3.63, 3.8) is 0 Å². The van der Waals surface area contributed by atoms with E-state index in [9.17, 15) is 13.6 Å². The van der Waals surface area contributed by atoms with E-state index < -0.39 is 17.4 Å². The third-order valence-corrected chi connectivity index (χ3v) is 3.00. The van der Waals surface area contributed by atoms with Gasteiger partial charge in [-0.2, -0.15) is 0 Å². The van der Waals surface area contributed by atoms with Gasteiger partial charge in [0.25, 0.3) is 0 Å². The Bertz CT molecular complexity index is 706. The monoisotopic (exact) mass is 288 g/mol. The Labute approximate surface area is 121 Å². The minimum atomic E-state index is -0.874. The van der Waals surface area contributed by atoms with Crippen LogP contribution >= 0.6 is 0 Å². The van der Waals surface area contributed by atoms with Crippen LogP contribution in [0.2, 0.25) is 0 Å². The first-order valence-corrected chi connectivity index (χ1v) is 6.33. The van der Waals surface area contributed by atoms with Crippen LogP contribution in [0.25, 0.3) is 6.08 Å². The van der Waals surface area contributed by atoms with Crippen LogP contribution in [-0.4, -0.2) is 12.9 Å². The summed E-state index contributed by atoms with van der Waals surface area (Å²) < 4.78 is 31.5. The van der Waals surface area contributed by atoms with E-state index >= 15 is 0 Å². The molecule has 0 saturated heterocycles. The molecule has 108 valence electrons. The average molecular weight is 288 g/mol. The predicted molar refractivity (Wildman–Crippen MR) is 77.5 cm³/mol. The highest BCUT2D eigenvalue weighted by atomic mass is 19.1. The zero-order valence-corrected chi connectivity index (χ0v) is 11.7. The molecule has 2 nitrogen and oxygen atoms in total. The van der Waals surface area contributed by atoms with E-state index in [2.05, 4.69) is 0 Å². The molecule has 0 saturated carbocycles. The van der Waals surface area contributed by atoms with Crippen molar-refractivity contribution in [1.29, 1.82) is 0 Å². The van der Waals surface area contributed by atoms with Crippen molar-refractivity contribution in [2.24, 2.45) is 0 Å². The van der Waals surface area contributed by atoms with E-state index in [1.54, 1.807) is 12.1 Å². The fourth-order valence-electron chi connectivity index (χ4n) is 1.93. The van der Waals surface area contributed by atoms with Crippen molar-refractivity contribution in [3.8, 4) is 5.75 Å². The number of hydrogen-bond acceptors (Lipinski definition) is 2. The van der Waals surface area contributed by atoms with Crippen LogP contribution in [0.3, 0.4) is 0 Å². The maximum Gasteiger partial charge on any atom is 0.188 e. The molecule has 0 heterocycles. The first kappa shape index (κ1) is 14.9. The van der Waals surface area contributed by atoms with Gasteiger partial charge in [0.15, 0.2) is 5.78 Å². The van der Waals surface area contributed by atoms with Crippen LogP contribution < -0.4 is 4.74 Å². The lowest BCUT2D eigenvalue weighted by Crippen LogP contribution is -1.99. The molecule has 0 aliphatic carbocycles. The molecule has 0 atom stereocenters. The van der Waals surface area contributed by atoms with Crippen LogP contribution in [0.4, 0.5) is 8.78 Å². The van der Waals surface area contributed by atoms with Crippen LogP contribution in [0.1, 0.15) is 21.5 Å². The van der Waals surface area contributed by atoms with Crippen molar-refractivity contribution in [3.05, 3.63) is 70.8 Å². The number of hydrogen-bond donors (Lipinski definition) is 0. The molecule has 0 bridgehead atoms. The van der Waals surface area contributed by atoms with E-state index in [1.165, 1.54) is 13.2 Å². The lowest BCUT2D eigenvalue weighted by atomic mass is 10.1. The number of rotatable bonds is 4. The van der Waals surface area contributed by atoms with Gasteiger partial charge in [-0.1, -0.05) is 11.6 Å². The van der Waals surface area contributed by atoms with Gasteiger partial charge in [-0.3, -0.25) is 4.79 Å². The Morgan fingerprint density at radius 1 is 1.14 bits per heavy atom. The normalized spacial score (nSPS) is 10.9. The lowest BCUT2D eigenvalue weighted by molar-refractivity contribution is 0.104. The Kier molecular flexibility index (Phi) is 4.48. The molecule has 0 spiro atoms. The summed E-state index contributed by atoms with van der Waals surface area (Å²) in [5.74, 6) is -1.51. The molecule has 0 N–H and O–H groups in total. The molecule has 2 aromatic rings. The largest absolute Gasteiger partial charge is 0.496 e. The summed E-state index contributed by atoms with van der Waals surface area (Å²) in [5, 5.41) is 0. The topological polar surface area (TPSA) is 26.3 Å². The van der Waals surface area contributed by atoms with Crippen molar-refractivity contribution in [2.75, 3.05) is 7.11 Å². The Morgan fingerprint density at radius 2 is 1.90 bits per heavy atom. The first-order chi connectivity index (χ1) is 10.0. The molecule has 2 aromatic carbocycles. The summed E-state index contributed by atoms with van der Waals surface area (Å²) in [6.45, 7) is 1.91. The zero-order valence-electron chi connectivity index (χ0n) is 11.7. The number of carbonyl (C=O) groups is 1. The van der Waals surface area contributed by atoms with Crippen LogP contribution in [0.5, 0.6) is 5.75 Å². The standard InChI is InChI=1S/C17H14F2O2/c1-11-3-8-17(21-2)12(9-11)4-7-16(20)14-6-5-13(18)10-15(14)19/h3-10H,1-2H3/b7-4+. The van der Waals surface area contributed by atoms with Gasteiger partial charge in [0.2, 0.25) is 0 Å². The number of allylic oxidation sites excluding steroid dienone is 1. The van der Waals surface area contributed by atoms with Gasteiger partial charge in [0.1, 0.15) is 17.4 Å². The zero-order chi connectivity index (χ0) is 15.4. The molecule has 0 radical (unpaired) electrons. The summed E-state index contributed by atoms with van der Waals surface area (Å²) in [6.07, 6.45) is 2.80. The van der Waals surface area contributed by atoms with Crippen molar-refractivity contribution in [1.82, 2.24) is 0 Å². The molecule has 2 rings (SSSR count). The van der Waals surface area contributed by atoms with E-state index in [0.29, 0.717) is 17.4 Å². The second kappa shape index (κ2) is 6.31.